The molecule has 0 amide bonds. The Bertz CT molecular complexity index is 784. The van der Waals surface area contributed by atoms with Crippen molar-refractivity contribution >= 4 is 0 Å². The molecule has 2 aromatic rings. The van der Waals surface area contributed by atoms with Crippen LogP contribution in [0.1, 0.15) is 6.42 Å². The number of hydrogen-bond donors (Lipinski definition) is 3. The first-order valence-electron chi connectivity index (χ1n) is 6.76. The van der Waals surface area contributed by atoms with Gasteiger partial charge in [-0.1, -0.05) is 0 Å². The Labute approximate surface area is 133 Å². The lowest BCUT2D eigenvalue weighted by Gasteiger charge is -2.21. The molecular weight excluding hydrogens is 330 g/mol. The van der Waals surface area contributed by atoms with Crippen molar-refractivity contribution in [1.82, 2.24) is 19.5 Å². The second-order valence-corrected chi connectivity index (χ2v) is 4.80. The molecule has 3 heterocycles. The summed E-state index contributed by atoms with van der Waals surface area (Å²) < 4.78 is 31.3. The first-order chi connectivity index (χ1) is 11.4. The summed E-state index contributed by atoms with van der Waals surface area (Å²) in [6, 6.07) is 2.52. The molecule has 3 rings (SSSR count). The van der Waals surface area contributed by atoms with Gasteiger partial charge in [-0.3, -0.25) is 9.78 Å². The molecule has 0 aliphatic carbocycles. The maximum atomic E-state index is 14.3. The lowest BCUT2D eigenvalue weighted by molar-refractivity contribution is -0.205. The van der Waals surface area contributed by atoms with Crippen LogP contribution in [0.15, 0.2) is 40.3 Å². The van der Waals surface area contributed by atoms with Crippen LogP contribution in [0, 0.1) is 6.08 Å². The van der Waals surface area contributed by atoms with Gasteiger partial charge in [0.1, 0.15) is 6.10 Å². The van der Waals surface area contributed by atoms with Crippen molar-refractivity contribution in [2.75, 3.05) is 6.61 Å². The van der Waals surface area contributed by atoms with E-state index in [0.29, 0.717) is 4.57 Å². The molecule has 11 heteroatoms. The number of rotatable bonds is 2. The summed E-state index contributed by atoms with van der Waals surface area (Å²) in [6.45, 7) is -0.565. The summed E-state index contributed by atoms with van der Waals surface area (Å²) in [7, 11) is 0. The van der Waals surface area contributed by atoms with Crippen molar-refractivity contribution in [3.63, 3.8) is 0 Å². The highest BCUT2D eigenvalue weighted by Gasteiger charge is 2.48. The van der Waals surface area contributed by atoms with Crippen LogP contribution in [0.25, 0.3) is 0 Å². The van der Waals surface area contributed by atoms with Gasteiger partial charge in [-0.05, 0) is 6.07 Å². The number of ether oxygens (including phenoxy) is 1. The Balaban J connectivity index is 0.000000249. The summed E-state index contributed by atoms with van der Waals surface area (Å²) >= 11 is 0. The summed E-state index contributed by atoms with van der Waals surface area (Å²) in [5.74, 6) is -2.56. The van der Waals surface area contributed by atoms with Crippen LogP contribution >= 0.6 is 0 Å². The van der Waals surface area contributed by atoms with Gasteiger partial charge in [0.25, 0.3) is 11.5 Å². The quantitative estimate of drug-likeness (QED) is 0.588. The molecule has 0 aromatic carbocycles. The number of halogens is 2. The first kappa shape index (κ1) is 17.8. The highest BCUT2D eigenvalue weighted by Crippen LogP contribution is 2.35. The molecule has 0 bridgehead atoms. The van der Waals surface area contributed by atoms with Crippen LogP contribution in [-0.2, 0) is 10.7 Å². The number of aliphatic hydroxyl groups is 2. The average Bonchev–Trinajstić information content (AvgIpc) is 2.83. The van der Waals surface area contributed by atoms with E-state index in [1.54, 1.807) is 6.07 Å². The molecule has 1 aliphatic heterocycles. The Morgan fingerprint density at radius 1 is 1.42 bits per heavy atom. The van der Waals surface area contributed by atoms with E-state index < -0.39 is 48.5 Å². The van der Waals surface area contributed by atoms with Crippen LogP contribution in [0.2, 0.25) is 0 Å². The zero-order valence-electron chi connectivity index (χ0n) is 12.2. The fourth-order valence-electron chi connectivity index (χ4n) is 2.02. The highest BCUT2D eigenvalue weighted by molar-refractivity contribution is 4.91. The van der Waals surface area contributed by atoms with E-state index >= 15 is 0 Å². The minimum Gasteiger partial charge on any atom is -0.394 e. The van der Waals surface area contributed by atoms with Gasteiger partial charge in [-0.25, -0.2) is 19.3 Å². The summed E-state index contributed by atoms with van der Waals surface area (Å²) in [6.07, 6.45) is 0.146. The van der Waals surface area contributed by atoms with Crippen LogP contribution in [-0.4, -0.2) is 48.5 Å². The molecule has 1 aliphatic rings. The van der Waals surface area contributed by atoms with E-state index in [2.05, 4.69) is 9.97 Å². The lowest BCUT2D eigenvalue weighted by Crippen LogP contribution is -2.41. The largest absolute Gasteiger partial charge is 0.394 e. The molecule has 1 saturated heterocycles. The Morgan fingerprint density at radius 2 is 2.08 bits per heavy atom. The number of aromatic nitrogens is 4. The normalized spacial score (nSPS) is 25.8. The number of nitrogens with one attached hydrogen (secondary N) is 1. The van der Waals surface area contributed by atoms with E-state index in [1.807, 2.05) is 4.98 Å². The van der Waals surface area contributed by atoms with Gasteiger partial charge in [-0.15, -0.1) is 0 Å². The third-order valence-electron chi connectivity index (χ3n) is 3.12. The molecule has 9 nitrogen and oxygen atoms in total. The van der Waals surface area contributed by atoms with Gasteiger partial charge < -0.3 is 14.9 Å². The summed E-state index contributed by atoms with van der Waals surface area (Å²) in [5.41, 5.74) is -1.64. The number of alkyl halides is 1. The third-order valence-corrected chi connectivity index (χ3v) is 3.12. The zero-order valence-corrected chi connectivity index (χ0v) is 12.2. The third kappa shape index (κ3) is 4.07. The second-order valence-electron chi connectivity index (χ2n) is 4.80. The van der Waals surface area contributed by atoms with E-state index in [4.69, 9.17) is 9.84 Å². The van der Waals surface area contributed by atoms with Crippen LogP contribution in [0.5, 0.6) is 0 Å². The van der Waals surface area contributed by atoms with Crippen molar-refractivity contribution in [3.05, 3.63) is 57.6 Å². The van der Waals surface area contributed by atoms with Gasteiger partial charge >= 0.3 is 11.8 Å². The Morgan fingerprint density at radius 3 is 2.54 bits per heavy atom. The van der Waals surface area contributed by atoms with Gasteiger partial charge in [-0.2, -0.15) is 8.78 Å². The van der Waals surface area contributed by atoms with Crippen molar-refractivity contribution in [2.45, 2.75) is 24.6 Å². The number of aromatic amines is 1. The van der Waals surface area contributed by atoms with E-state index in [-0.39, 0.29) is 0 Å². The van der Waals surface area contributed by atoms with E-state index in [0.717, 1.165) is 12.3 Å². The molecule has 130 valence electrons. The predicted octanol–water partition coefficient (Wildman–Crippen LogP) is -1.13. The lowest BCUT2D eigenvalue weighted by atomic mass is 10.2. The number of H-pyrrole nitrogens is 1. The number of aliphatic hydroxyl groups excluding tert-OH is 2. The maximum absolute atomic E-state index is 14.3. The van der Waals surface area contributed by atoms with E-state index in [9.17, 15) is 23.5 Å². The van der Waals surface area contributed by atoms with Crippen LogP contribution < -0.4 is 11.2 Å². The number of hydrogen-bond acceptors (Lipinski definition) is 7. The fraction of sp³-hybridized carbons (Fsp3) is 0.385. The monoisotopic (exact) mass is 344 g/mol. The second kappa shape index (κ2) is 7.38. The zero-order chi connectivity index (χ0) is 17.7. The van der Waals surface area contributed by atoms with Gasteiger partial charge in [0.15, 0.2) is 0 Å². The molecule has 0 unspecified atom stereocenters. The van der Waals surface area contributed by atoms with Crippen molar-refractivity contribution in [1.29, 1.82) is 0 Å². The minimum absolute atomic E-state index is 0.496. The fourth-order valence-corrected chi connectivity index (χ4v) is 2.02. The van der Waals surface area contributed by atoms with Crippen LogP contribution in [0.4, 0.5) is 8.78 Å². The highest BCUT2D eigenvalue weighted by atomic mass is 19.2. The first-order valence-corrected chi connectivity index (χ1v) is 6.76. The van der Waals surface area contributed by atoms with Gasteiger partial charge in [0.2, 0.25) is 0 Å². The predicted molar refractivity (Wildman–Crippen MR) is 75.0 cm³/mol. The number of nitrogens with zero attached hydrogens (tertiary/aromatic N) is 3. The van der Waals surface area contributed by atoms with Crippen molar-refractivity contribution in [2.24, 2.45) is 0 Å². The molecule has 24 heavy (non-hydrogen) atoms. The molecule has 3 atom stereocenters. The van der Waals surface area contributed by atoms with Crippen molar-refractivity contribution < 1.29 is 23.7 Å². The Kier molecular flexibility index (Phi) is 5.49. The van der Waals surface area contributed by atoms with Crippen LogP contribution in [0.3, 0.4) is 0 Å². The maximum Gasteiger partial charge on any atom is 0.332 e. The molecular formula is C13H14F2N4O5. The molecule has 0 spiro atoms. The smallest absolute Gasteiger partial charge is 0.332 e. The van der Waals surface area contributed by atoms with E-state index in [1.165, 1.54) is 12.4 Å². The molecule has 2 aromatic heterocycles. The SMILES string of the molecule is Fc1ncccn1.O=c1ccn([C@@]2(F)C[C@H](O)[C@@H](CO)O2)c(=O)[nH]1. The topological polar surface area (TPSA) is 130 Å². The van der Waals surface area contributed by atoms with Crippen molar-refractivity contribution in [3.8, 4) is 0 Å². The summed E-state index contributed by atoms with van der Waals surface area (Å²) in [5, 5.41) is 18.3. The summed E-state index contributed by atoms with van der Waals surface area (Å²) in [4.78, 5) is 30.5. The van der Waals surface area contributed by atoms with Gasteiger partial charge in [0, 0.05) is 24.7 Å². The molecule has 0 saturated carbocycles. The minimum atomic E-state index is -2.56. The average molecular weight is 344 g/mol. The molecule has 3 N–H and O–H groups in total. The van der Waals surface area contributed by atoms with Gasteiger partial charge in [0.05, 0.1) is 19.1 Å². The Hall–Kier alpha value is -2.50. The molecule has 1 fully saturated rings. The standard InChI is InChI=1S/C9H11FN2O5.C4H3FN2/c10-9(3-5(14)6(4-13)17-9)12-2-1-7(15)11-8(12)16;5-4-6-2-1-3-7-4/h1-2,5-6,13-14H,3-4H2,(H,11,15,16);1-3H/t5-,6+,9-;/m0./s1. The molecule has 0 radical (unpaired) electrons.